The molecule has 0 bridgehead atoms. The van der Waals surface area contributed by atoms with Gasteiger partial charge in [-0.05, 0) is 33.7 Å². The van der Waals surface area contributed by atoms with Gasteiger partial charge in [-0.15, -0.1) is 22.7 Å². The van der Waals surface area contributed by atoms with Gasteiger partial charge < -0.3 is 5.32 Å². The van der Waals surface area contributed by atoms with Gasteiger partial charge in [0.2, 0.25) is 0 Å². The molecule has 2 aromatic rings. The molecule has 5 heteroatoms. The average Bonchev–Trinajstić information content (AvgIpc) is 2.93. The van der Waals surface area contributed by atoms with Crippen LogP contribution in [-0.2, 0) is 6.42 Å². The molecular weight excluding hydrogens is 274 g/mol. The Kier molecular flexibility index (Phi) is 5.07. The number of aryl methyl sites for hydroxylation is 2. The monoisotopic (exact) mass is 295 g/mol. The fourth-order valence-electron chi connectivity index (χ4n) is 2.01. The standard InChI is InChI=1S/C14H21N3S2/c1-5-6-15-10(3)14-11(4)17-13(19-14)7-12-16-9(2)8-18-12/h8,10,15H,5-7H2,1-4H3. The van der Waals surface area contributed by atoms with Gasteiger partial charge in [0.1, 0.15) is 0 Å². The largest absolute Gasteiger partial charge is 0.309 e. The van der Waals surface area contributed by atoms with Gasteiger partial charge in [-0.3, -0.25) is 0 Å². The van der Waals surface area contributed by atoms with E-state index in [4.69, 9.17) is 0 Å². The topological polar surface area (TPSA) is 37.8 Å². The predicted octanol–water partition coefficient (Wildman–Crippen LogP) is 3.87. The van der Waals surface area contributed by atoms with Crippen LogP contribution in [0.1, 0.15) is 52.6 Å². The molecule has 0 amide bonds. The molecule has 0 aromatic carbocycles. The van der Waals surface area contributed by atoms with E-state index in [1.165, 1.54) is 9.88 Å². The summed E-state index contributed by atoms with van der Waals surface area (Å²) in [6.07, 6.45) is 2.03. The minimum Gasteiger partial charge on any atom is -0.309 e. The van der Waals surface area contributed by atoms with Gasteiger partial charge in [-0.2, -0.15) is 0 Å². The Hall–Kier alpha value is -0.780. The molecule has 0 spiro atoms. The summed E-state index contributed by atoms with van der Waals surface area (Å²) in [7, 11) is 0. The third-order valence-electron chi connectivity index (χ3n) is 2.94. The number of hydrogen-bond donors (Lipinski definition) is 1. The van der Waals surface area contributed by atoms with Crippen LogP contribution in [0.25, 0.3) is 0 Å². The van der Waals surface area contributed by atoms with E-state index in [0.717, 1.165) is 35.8 Å². The summed E-state index contributed by atoms with van der Waals surface area (Å²) in [5, 5.41) is 7.96. The highest BCUT2D eigenvalue weighted by atomic mass is 32.1. The lowest BCUT2D eigenvalue weighted by atomic mass is 10.2. The van der Waals surface area contributed by atoms with Crippen molar-refractivity contribution in [2.75, 3.05) is 6.54 Å². The lowest BCUT2D eigenvalue weighted by Crippen LogP contribution is -2.18. The van der Waals surface area contributed by atoms with Gasteiger partial charge in [0, 0.05) is 22.0 Å². The molecular formula is C14H21N3S2. The molecule has 2 aromatic heterocycles. The summed E-state index contributed by atoms with van der Waals surface area (Å²) in [6, 6.07) is 0.393. The number of nitrogens with one attached hydrogen (secondary N) is 1. The fraction of sp³-hybridized carbons (Fsp3) is 0.571. The van der Waals surface area contributed by atoms with E-state index in [9.17, 15) is 0 Å². The molecule has 0 aliphatic heterocycles. The SMILES string of the molecule is CCCNC(C)c1sc(Cc2nc(C)cs2)nc1C. The number of nitrogens with zero attached hydrogens (tertiary/aromatic N) is 2. The summed E-state index contributed by atoms with van der Waals surface area (Å²) < 4.78 is 0. The summed E-state index contributed by atoms with van der Waals surface area (Å²) in [6.45, 7) is 9.60. The molecule has 0 saturated carbocycles. The summed E-state index contributed by atoms with van der Waals surface area (Å²) in [5.74, 6) is 0. The second-order valence-electron chi connectivity index (χ2n) is 4.79. The first kappa shape index (κ1) is 14.6. The minimum absolute atomic E-state index is 0.393. The maximum absolute atomic E-state index is 4.69. The molecule has 1 N–H and O–H groups in total. The smallest absolute Gasteiger partial charge is 0.0999 e. The van der Waals surface area contributed by atoms with Crippen LogP contribution in [0.4, 0.5) is 0 Å². The van der Waals surface area contributed by atoms with Crippen LogP contribution in [0.3, 0.4) is 0 Å². The molecule has 0 fully saturated rings. The summed E-state index contributed by atoms with van der Waals surface area (Å²) in [4.78, 5) is 10.6. The van der Waals surface area contributed by atoms with Crippen molar-refractivity contribution in [1.82, 2.24) is 15.3 Å². The van der Waals surface area contributed by atoms with Gasteiger partial charge in [0.25, 0.3) is 0 Å². The predicted molar refractivity (Wildman–Crippen MR) is 83.2 cm³/mol. The summed E-state index contributed by atoms with van der Waals surface area (Å²) in [5.41, 5.74) is 2.26. The first-order chi connectivity index (χ1) is 9.10. The van der Waals surface area contributed by atoms with Crippen molar-refractivity contribution in [2.45, 2.75) is 46.6 Å². The highest BCUT2D eigenvalue weighted by molar-refractivity contribution is 7.12. The first-order valence-corrected chi connectivity index (χ1v) is 8.40. The normalized spacial score (nSPS) is 12.8. The second kappa shape index (κ2) is 6.59. The third-order valence-corrected chi connectivity index (χ3v) is 5.25. The van der Waals surface area contributed by atoms with Crippen molar-refractivity contribution >= 4 is 22.7 Å². The van der Waals surface area contributed by atoms with Crippen molar-refractivity contribution in [3.63, 3.8) is 0 Å². The molecule has 1 unspecified atom stereocenters. The molecule has 0 radical (unpaired) electrons. The Morgan fingerprint density at radius 2 is 2.05 bits per heavy atom. The van der Waals surface area contributed by atoms with Crippen molar-refractivity contribution in [3.8, 4) is 0 Å². The zero-order valence-corrected chi connectivity index (χ0v) is 13.6. The highest BCUT2D eigenvalue weighted by Gasteiger charge is 2.14. The summed E-state index contributed by atoms with van der Waals surface area (Å²) >= 11 is 3.54. The van der Waals surface area contributed by atoms with Crippen molar-refractivity contribution in [3.05, 3.63) is 31.7 Å². The zero-order valence-electron chi connectivity index (χ0n) is 12.0. The van der Waals surface area contributed by atoms with Crippen LogP contribution in [0.15, 0.2) is 5.38 Å². The van der Waals surface area contributed by atoms with Crippen LogP contribution < -0.4 is 5.32 Å². The first-order valence-electron chi connectivity index (χ1n) is 6.70. The van der Waals surface area contributed by atoms with Gasteiger partial charge in [-0.1, -0.05) is 6.92 Å². The zero-order chi connectivity index (χ0) is 13.8. The Morgan fingerprint density at radius 3 is 2.68 bits per heavy atom. The van der Waals surface area contributed by atoms with Crippen LogP contribution in [0, 0.1) is 13.8 Å². The fourth-order valence-corrected chi connectivity index (χ4v) is 3.98. The molecule has 2 heterocycles. The quantitative estimate of drug-likeness (QED) is 0.879. The van der Waals surface area contributed by atoms with Crippen LogP contribution in [0.2, 0.25) is 0 Å². The van der Waals surface area contributed by atoms with Gasteiger partial charge in [0.15, 0.2) is 0 Å². The lowest BCUT2D eigenvalue weighted by molar-refractivity contribution is 0.575. The van der Waals surface area contributed by atoms with Gasteiger partial charge in [-0.25, -0.2) is 9.97 Å². The molecule has 1 atom stereocenters. The van der Waals surface area contributed by atoms with E-state index in [2.05, 4.69) is 41.4 Å². The van der Waals surface area contributed by atoms with E-state index >= 15 is 0 Å². The van der Waals surface area contributed by atoms with Crippen molar-refractivity contribution in [1.29, 1.82) is 0 Å². The lowest BCUT2D eigenvalue weighted by Gasteiger charge is -2.11. The molecule has 2 rings (SSSR count). The van der Waals surface area contributed by atoms with Crippen LogP contribution in [-0.4, -0.2) is 16.5 Å². The van der Waals surface area contributed by atoms with Gasteiger partial charge >= 0.3 is 0 Å². The third kappa shape index (κ3) is 3.84. The Labute approximate surface area is 123 Å². The molecule has 104 valence electrons. The maximum Gasteiger partial charge on any atom is 0.0999 e. The average molecular weight is 295 g/mol. The Balaban J connectivity index is 2.07. The number of thiazole rings is 2. The van der Waals surface area contributed by atoms with E-state index in [1.54, 1.807) is 11.3 Å². The number of aromatic nitrogens is 2. The van der Waals surface area contributed by atoms with Crippen LogP contribution >= 0.6 is 22.7 Å². The van der Waals surface area contributed by atoms with Gasteiger partial charge in [0.05, 0.1) is 22.1 Å². The molecule has 0 aliphatic carbocycles. The van der Waals surface area contributed by atoms with Crippen molar-refractivity contribution in [2.24, 2.45) is 0 Å². The molecule has 0 aliphatic rings. The number of hydrogen-bond acceptors (Lipinski definition) is 5. The Bertz CT molecular complexity index is 531. The highest BCUT2D eigenvalue weighted by Crippen LogP contribution is 2.27. The van der Waals surface area contributed by atoms with Crippen LogP contribution in [0.5, 0.6) is 0 Å². The molecule has 0 saturated heterocycles. The van der Waals surface area contributed by atoms with Crippen molar-refractivity contribution < 1.29 is 0 Å². The minimum atomic E-state index is 0.393. The molecule has 19 heavy (non-hydrogen) atoms. The molecule has 3 nitrogen and oxygen atoms in total. The number of rotatable bonds is 6. The Morgan fingerprint density at radius 1 is 1.26 bits per heavy atom. The second-order valence-corrected chi connectivity index (χ2v) is 6.85. The van der Waals surface area contributed by atoms with E-state index in [0.29, 0.717) is 6.04 Å². The van der Waals surface area contributed by atoms with E-state index < -0.39 is 0 Å². The van der Waals surface area contributed by atoms with E-state index in [1.807, 2.05) is 18.3 Å². The maximum atomic E-state index is 4.69. The van der Waals surface area contributed by atoms with E-state index in [-0.39, 0.29) is 0 Å².